The number of anilines is 18. The zero-order chi connectivity index (χ0) is 76.9. The first-order valence-electron chi connectivity index (χ1n) is 39.6. The summed E-state index contributed by atoms with van der Waals surface area (Å²) in [4.78, 5) is 15.4. The Morgan fingerprint density at radius 3 is 0.682 bits per heavy atom. The van der Waals surface area contributed by atoms with Gasteiger partial charge in [0.05, 0.1) is 11.4 Å². The van der Waals surface area contributed by atoms with Crippen LogP contribution < -0.4 is 62.2 Å². The maximum atomic E-state index is 2.68. The number of benzene rings is 13. The second-order valence-electron chi connectivity index (χ2n) is 37.2. The molecule has 13 aromatic carbocycles. The van der Waals surface area contributed by atoms with Gasteiger partial charge in [-0.2, -0.15) is 0 Å². The highest BCUT2D eigenvalue weighted by Crippen LogP contribution is 2.53. The lowest BCUT2D eigenvalue weighted by atomic mass is 9.30. The summed E-state index contributed by atoms with van der Waals surface area (Å²) in [5.41, 5.74) is 34.9. The van der Waals surface area contributed by atoms with Gasteiger partial charge in [-0.15, -0.1) is 0 Å². The summed E-state index contributed by atoms with van der Waals surface area (Å²) in [5, 5.41) is 0. The van der Waals surface area contributed by atoms with Gasteiger partial charge in [-0.1, -0.05) is 276 Å². The molecule has 13 aromatic rings. The van der Waals surface area contributed by atoms with Crippen LogP contribution in [0.1, 0.15) is 158 Å². The third-order valence-corrected chi connectivity index (χ3v) is 23.5. The summed E-state index contributed by atoms with van der Waals surface area (Å²) in [6, 6.07) is 113. The zero-order valence-electron chi connectivity index (χ0n) is 67.6. The standard InChI is InChI=1S/C102H102B2N6/c1-97(2,3)67-37-49-75(50-38-67)105(76-51-39-68(40-52-76)98(4,5)6)81-61-91-95-93(63-81)109(79-57-45-71(46-58-79)101(13,14)15)89-66-90-86(65-85(89)103(95)83-33-25-27-35-87(83)107(91)73-29-21-19-22-30-73)104-84-34-26-28-36-88(84)108(74-31-23-20-24-32-74)92-62-82(64-94(96(92)104)110(90)80-59-47-72(48-60-80)102(16,17)18)106(77-53-41-69(42-54-77)99(7,8)9)78-55-43-70(44-56-78)100(10,11)12/h19-66H,1-18H3. The minimum atomic E-state index is -0.202. The van der Waals surface area contributed by atoms with E-state index in [4.69, 9.17) is 0 Å². The summed E-state index contributed by atoms with van der Waals surface area (Å²) >= 11 is 0. The molecular weight excluding hydrogens is 1330 g/mol. The number of hydrogen-bond acceptors (Lipinski definition) is 6. The Balaban J connectivity index is 1.000. The molecule has 0 unspecified atom stereocenters. The molecule has 0 amide bonds. The molecule has 546 valence electrons. The van der Waals surface area contributed by atoms with E-state index in [0.717, 1.165) is 102 Å². The Bertz CT molecular complexity index is 5190. The van der Waals surface area contributed by atoms with Crippen LogP contribution >= 0.6 is 0 Å². The van der Waals surface area contributed by atoms with Crippen molar-refractivity contribution in [1.82, 2.24) is 0 Å². The van der Waals surface area contributed by atoms with Crippen LogP contribution in [0.5, 0.6) is 0 Å². The summed E-state index contributed by atoms with van der Waals surface area (Å²) in [7, 11) is 0. The van der Waals surface area contributed by atoms with Crippen LogP contribution in [0.2, 0.25) is 0 Å². The normalized spacial score (nSPS) is 13.8. The molecule has 0 spiro atoms. The van der Waals surface area contributed by atoms with Crippen LogP contribution in [0, 0.1) is 0 Å². The van der Waals surface area contributed by atoms with Crippen molar-refractivity contribution in [2.75, 3.05) is 29.4 Å². The van der Waals surface area contributed by atoms with Crippen molar-refractivity contribution in [3.05, 3.63) is 325 Å². The van der Waals surface area contributed by atoms with Crippen LogP contribution in [0.4, 0.5) is 102 Å². The number of nitrogens with zero attached hydrogens (tertiary/aromatic N) is 6. The van der Waals surface area contributed by atoms with E-state index in [9.17, 15) is 0 Å². The van der Waals surface area contributed by atoms with Crippen LogP contribution in [-0.2, 0) is 32.5 Å². The summed E-state index contributed by atoms with van der Waals surface area (Å²) in [6.45, 7) is 41.2. The number of para-hydroxylation sites is 4. The highest BCUT2D eigenvalue weighted by molar-refractivity contribution is 7.03. The minimum Gasteiger partial charge on any atom is -0.311 e. The van der Waals surface area contributed by atoms with Gasteiger partial charge in [0.1, 0.15) is 0 Å². The van der Waals surface area contributed by atoms with Crippen molar-refractivity contribution >= 4 is 149 Å². The van der Waals surface area contributed by atoms with Crippen molar-refractivity contribution in [3.63, 3.8) is 0 Å². The molecule has 6 nitrogen and oxygen atoms in total. The van der Waals surface area contributed by atoms with E-state index in [0.29, 0.717) is 0 Å². The Labute approximate surface area is 655 Å². The van der Waals surface area contributed by atoms with Crippen LogP contribution in [0.15, 0.2) is 291 Å². The minimum absolute atomic E-state index is 0.0406. The Morgan fingerprint density at radius 1 is 0.191 bits per heavy atom. The Hall–Kier alpha value is -11.2. The molecule has 8 heteroatoms. The van der Waals surface area contributed by atoms with Crippen LogP contribution in [-0.4, -0.2) is 13.4 Å². The lowest BCUT2D eigenvalue weighted by Crippen LogP contribution is -2.65. The van der Waals surface area contributed by atoms with E-state index in [1.54, 1.807) is 0 Å². The maximum Gasteiger partial charge on any atom is 0.252 e. The van der Waals surface area contributed by atoms with Crippen molar-refractivity contribution in [3.8, 4) is 0 Å². The van der Waals surface area contributed by atoms with E-state index in [1.807, 2.05) is 0 Å². The van der Waals surface area contributed by atoms with Crippen molar-refractivity contribution in [2.24, 2.45) is 0 Å². The number of hydrogen-bond donors (Lipinski definition) is 0. The molecule has 0 aliphatic carbocycles. The smallest absolute Gasteiger partial charge is 0.252 e. The predicted molar refractivity (Wildman–Crippen MR) is 476 cm³/mol. The molecular formula is C102H102B2N6. The molecule has 0 atom stereocenters. The second kappa shape index (κ2) is 26.3. The maximum absolute atomic E-state index is 2.68. The van der Waals surface area contributed by atoms with Gasteiger partial charge in [0.15, 0.2) is 0 Å². The first kappa shape index (κ1) is 71.7. The highest BCUT2D eigenvalue weighted by atomic mass is 15.2. The highest BCUT2D eigenvalue weighted by Gasteiger charge is 2.49. The van der Waals surface area contributed by atoms with Gasteiger partial charge >= 0.3 is 0 Å². The lowest BCUT2D eigenvalue weighted by Gasteiger charge is -2.48. The topological polar surface area (TPSA) is 19.4 Å². The first-order valence-corrected chi connectivity index (χ1v) is 39.6. The molecule has 0 saturated heterocycles. The molecule has 4 aliphatic heterocycles. The van der Waals surface area contributed by atoms with Gasteiger partial charge in [0.25, 0.3) is 13.4 Å². The summed E-state index contributed by atoms with van der Waals surface area (Å²) < 4.78 is 0. The molecule has 0 saturated carbocycles. The largest absolute Gasteiger partial charge is 0.311 e. The third-order valence-electron chi connectivity index (χ3n) is 23.5. The monoisotopic (exact) mass is 1430 g/mol. The Kier molecular flexibility index (Phi) is 17.1. The fraction of sp³-hybridized carbons (Fsp3) is 0.235. The SMILES string of the molecule is CC(C)(C)c1ccc(N(c2ccc(C(C)(C)C)cc2)c2cc3c4c(c2)N(c2ccc(C(C)(C)C)cc2)c2cc5c(cc2B4c2ccccc2N3c2ccccc2)B2c3ccccc3N(c3ccccc3)c3cc(N(c4ccc(C(C)(C)C)cc4)c4ccc(C(C)(C)C)cc4)cc(c32)N5c2ccc(C(C)(C)C)cc2)cc1. The lowest BCUT2D eigenvalue weighted by molar-refractivity contribution is 0.590. The molecule has 4 aliphatic rings. The van der Waals surface area contributed by atoms with Crippen molar-refractivity contribution in [2.45, 2.75) is 157 Å². The quantitative estimate of drug-likeness (QED) is 0.126. The molecule has 0 N–H and O–H groups in total. The van der Waals surface area contributed by atoms with Gasteiger partial charge in [-0.25, -0.2) is 0 Å². The van der Waals surface area contributed by atoms with Gasteiger partial charge < -0.3 is 29.4 Å². The fourth-order valence-electron chi connectivity index (χ4n) is 17.4. The molecule has 17 rings (SSSR count). The van der Waals surface area contributed by atoms with Gasteiger partial charge in [-0.05, 0) is 238 Å². The van der Waals surface area contributed by atoms with Crippen LogP contribution in [0.25, 0.3) is 0 Å². The predicted octanol–water partition coefficient (Wildman–Crippen LogP) is 24.6. The van der Waals surface area contributed by atoms with E-state index in [2.05, 4.69) is 445 Å². The molecule has 0 aromatic heterocycles. The fourth-order valence-corrected chi connectivity index (χ4v) is 17.4. The Morgan fingerprint density at radius 2 is 0.418 bits per heavy atom. The molecule has 0 fully saturated rings. The van der Waals surface area contributed by atoms with Crippen LogP contribution in [0.3, 0.4) is 0 Å². The molecule has 0 bridgehead atoms. The van der Waals surface area contributed by atoms with Gasteiger partial charge in [-0.3, -0.25) is 0 Å². The molecule has 4 heterocycles. The van der Waals surface area contributed by atoms with Gasteiger partial charge in [0, 0.05) is 91.0 Å². The van der Waals surface area contributed by atoms with Crippen molar-refractivity contribution in [1.29, 1.82) is 0 Å². The van der Waals surface area contributed by atoms with E-state index < -0.39 is 0 Å². The average molecular weight is 1430 g/mol. The summed E-state index contributed by atoms with van der Waals surface area (Å²) in [6.07, 6.45) is 0. The summed E-state index contributed by atoms with van der Waals surface area (Å²) in [5.74, 6) is 0. The molecule has 110 heavy (non-hydrogen) atoms. The molecule has 0 radical (unpaired) electrons. The number of fused-ring (bicyclic) bond motifs is 8. The third kappa shape index (κ3) is 12.5. The van der Waals surface area contributed by atoms with E-state index in [1.165, 1.54) is 66.2 Å². The average Bonchev–Trinajstić information content (AvgIpc) is 0.682. The second-order valence-corrected chi connectivity index (χ2v) is 37.2. The number of rotatable bonds is 10. The van der Waals surface area contributed by atoms with Gasteiger partial charge in [0.2, 0.25) is 0 Å². The first-order chi connectivity index (χ1) is 52.4. The van der Waals surface area contributed by atoms with E-state index in [-0.39, 0.29) is 45.9 Å². The zero-order valence-corrected chi connectivity index (χ0v) is 67.6. The van der Waals surface area contributed by atoms with E-state index >= 15 is 0 Å². The van der Waals surface area contributed by atoms with Crippen molar-refractivity contribution < 1.29 is 0 Å².